The highest BCUT2D eigenvalue weighted by Crippen LogP contribution is 2.53. The van der Waals surface area contributed by atoms with Gasteiger partial charge in [0, 0.05) is 17.1 Å². The van der Waals surface area contributed by atoms with Crippen molar-refractivity contribution in [2.45, 2.75) is 38.4 Å². The number of allylic oxidation sites excluding steroid dienone is 1. The summed E-state index contributed by atoms with van der Waals surface area (Å²) in [5.74, 6) is -3.59. The summed E-state index contributed by atoms with van der Waals surface area (Å²) in [5, 5.41) is 1.95. The molecule has 0 unspecified atom stereocenters. The highest BCUT2D eigenvalue weighted by molar-refractivity contribution is 6.34. The number of Topliss-reactive ketones (excluding diaryl/α,β-unsaturated/α-hetero) is 1. The number of amides is 2. The Morgan fingerprint density at radius 2 is 1.71 bits per heavy atom. The Labute approximate surface area is 203 Å². The molecule has 0 aromatic heterocycles. The smallest absolute Gasteiger partial charge is 0.326 e. The summed E-state index contributed by atoms with van der Waals surface area (Å²) in [7, 11) is 0. The molecule has 2 amide bonds. The fraction of sp³-hybridized carbons (Fsp3) is 0.292. The molecular formula is C24H19Cl2F3N2O3. The Hall–Kier alpha value is -2.84. The van der Waals surface area contributed by atoms with Crippen LogP contribution in [0.2, 0.25) is 10.0 Å². The lowest BCUT2D eigenvalue weighted by molar-refractivity contribution is -0.186. The molecule has 0 radical (unpaired) electrons. The summed E-state index contributed by atoms with van der Waals surface area (Å²) in [6.45, 7) is 3.45. The van der Waals surface area contributed by atoms with Gasteiger partial charge in [0.15, 0.2) is 5.78 Å². The molecule has 0 bridgehead atoms. The fourth-order valence-corrected chi connectivity index (χ4v) is 4.93. The van der Waals surface area contributed by atoms with Crippen LogP contribution in [-0.4, -0.2) is 29.3 Å². The first-order valence-corrected chi connectivity index (χ1v) is 11.0. The monoisotopic (exact) mass is 510 g/mol. The maximum absolute atomic E-state index is 14.8. The van der Waals surface area contributed by atoms with Gasteiger partial charge < -0.3 is 5.32 Å². The Balaban J connectivity index is 1.96. The van der Waals surface area contributed by atoms with Gasteiger partial charge in [0.1, 0.15) is 0 Å². The molecule has 1 heterocycles. The average Bonchev–Trinajstić information content (AvgIpc) is 2.95. The number of ketones is 1. The predicted molar refractivity (Wildman–Crippen MR) is 122 cm³/mol. The lowest BCUT2D eigenvalue weighted by Crippen LogP contribution is -2.66. The molecule has 1 aliphatic heterocycles. The number of rotatable bonds is 3. The van der Waals surface area contributed by atoms with Gasteiger partial charge in [-0.2, -0.15) is 13.2 Å². The van der Waals surface area contributed by atoms with Crippen molar-refractivity contribution < 1.29 is 27.6 Å². The Morgan fingerprint density at radius 1 is 1.03 bits per heavy atom. The van der Waals surface area contributed by atoms with Gasteiger partial charge in [-0.1, -0.05) is 55.2 Å². The van der Waals surface area contributed by atoms with E-state index in [9.17, 15) is 27.6 Å². The lowest BCUT2D eigenvalue weighted by atomic mass is 9.72. The van der Waals surface area contributed by atoms with Crippen molar-refractivity contribution in [1.29, 1.82) is 0 Å². The van der Waals surface area contributed by atoms with E-state index >= 15 is 0 Å². The van der Waals surface area contributed by atoms with Crippen molar-refractivity contribution in [3.8, 4) is 0 Å². The quantitative estimate of drug-likeness (QED) is 0.574. The second-order valence-electron chi connectivity index (χ2n) is 9.06. The topological polar surface area (TPSA) is 66.5 Å². The van der Waals surface area contributed by atoms with Gasteiger partial charge in [-0.05, 0) is 42.2 Å². The number of nitrogens with zero attached hydrogens (tertiary/aromatic N) is 1. The van der Waals surface area contributed by atoms with E-state index in [0.717, 1.165) is 4.90 Å². The van der Waals surface area contributed by atoms with Gasteiger partial charge in [0.2, 0.25) is 5.54 Å². The molecule has 4 rings (SSSR count). The van der Waals surface area contributed by atoms with E-state index in [-0.39, 0.29) is 39.8 Å². The van der Waals surface area contributed by atoms with E-state index in [0.29, 0.717) is 0 Å². The number of hydrogen-bond acceptors (Lipinski definition) is 3. The van der Waals surface area contributed by atoms with E-state index in [4.69, 9.17) is 23.2 Å². The van der Waals surface area contributed by atoms with Crippen LogP contribution in [0.5, 0.6) is 0 Å². The van der Waals surface area contributed by atoms with Crippen LogP contribution in [0.4, 0.5) is 18.9 Å². The van der Waals surface area contributed by atoms with Gasteiger partial charge in [0.05, 0.1) is 21.8 Å². The summed E-state index contributed by atoms with van der Waals surface area (Å²) in [6.07, 6.45) is -5.54. The number of anilines is 1. The lowest BCUT2D eigenvalue weighted by Gasteiger charge is -2.35. The van der Waals surface area contributed by atoms with Crippen LogP contribution in [0, 0.1) is 5.41 Å². The minimum atomic E-state index is -5.33. The SMILES string of the molecule is CC1(C)CC(=O)C2=C(C1)N(c1cccc(Cl)c1)C(=O)[C@@]2(NC(=O)c1ccccc1Cl)C(F)(F)F. The molecule has 0 spiro atoms. The first-order valence-electron chi connectivity index (χ1n) is 10.3. The standard InChI is InChI=1S/C24H19Cl2F3N2O3/c1-22(2)11-17-19(18(32)12-22)23(24(27,28)29,30-20(33)15-8-3-4-9-16(15)26)21(34)31(17)14-7-5-6-13(25)10-14/h3-10H,11-12H2,1-2H3,(H,30,33)/t23-/m1/s1. The van der Waals surface area contributed by atoms with Crippen LogP contribution in [0.1, 0.15) is 37.0 Å². The van der Waals surface area contributed by atoms with Crippen LogP contribution >= 0.6 is 23.2 Å². The van der Waals surface area contributed by atoms with Crippen molar-refractivity contribution in [2.75, 3.05) is 4.90 Å². The van der Waals surface area contributed by atoms with Gasteiger partial charge >= 0.3 is 6.18 Å². The third-order valence-corrected chi connectivity index (χ3v) is 6.50. The third kappa shape index (κ3) is 3.79. The molecule has 2 aliphatic rings. The predicted octanol–water partition coefficient (Wildman–Crippen LogP) is 5.71. The zero-order valence-corrected chi connectivity index (χ0v) is 19.6. The zero-order valence-electron chi connectivity index (χ0n) is 18.1. The highest BCUT2D eigenvalue weighted by Gasteiger charge is 2.72. The van der Waals surface area contributed by atoms with Crippen molar-refractivity contribution >= 4 is 46.5 Å². The van der Waals surface area contributed by atoms with Gasteiger partial charge in [-0.3, -0.25) is 19.3 Å². The maximum Gasteiger partial charge on any atom is 0.425 e. The van der Waals surface area contributed by atoms with Crippen LogP contribution in [-0.2, 0) is 9.59 Å². The highest BCUT2D eigenvalue weighted by atomic mass is 35.5. The molecule has 0 saturated heterocycles. The summed E-state index contributed by atoms with van der Waals surface area (Å²) in [4.78, 5) is 40.7. The van der Waals surface area contributed by atoms with Crippen LogP contribution in [0.15, 0.2) is 59.8 Å². The van der Waals surface area contributed by atoms with E-state index in [1.807, 2.05) is 5.32 Å². The Morgan fingerprint density at radius 3 is 2.32 bits per heavy atom. The second kappa shape index (κ2) is 8.13. The normalized spacial score (nSPS) is 22.1. The minimum Gasteiger partial charge on any atom is -0.326 e. The van der Waals surface area contributed by atoms with Crippen molar-refractivity contribution in [2.24, 2.45) is 5.41 Å². The van der Waals surface area contributed by atoms with Crippen LogP contribution in [0.25, 0.3) is 0 Å². The molecule has 1 aliphatic carbocycles. The van der Waals surface area contributed by atoms with Crippen LogP contribution in [0.3, 0.4) is 0 Å². The minimum absolute atomic E-state index is 0.00607. The number of carbonyl (C=O) groups excluding carboxylic acids is 3. The van der Waals surface area contributed by atoms with Gasteiger partial charge in [0.25, 0.3) is 11.8 Å². The molecule has 10 heteroatoms. The fourth-order valence-electron chi connectivity index (χ4n) is 4.52. The largest absolute Gasteiger partial charge is 0.425 e. The summed E-state index contributed by atoms with van der Waals surface area (Å²) in [5.41, 5.74) is -5.35. The molecule has 0 saturated carbocycles. The number of nitrogens with one attached hydrogen (secondary N) is 1. The molecule has 0 fully saturated rings. The van der Waals surface area contributed by atoms with Gasteiger partial charge in [-0.15, -0.1) is 0 Å². The first-order chi connectivity index (χ1) is 15.8. The second-order valence-corrected chi connectivity index (χ2v) is 9.91. The Bertz CT molecular complexity index is 1260. The molecule has 178 valence electrons. The molecule has 2 aromatic carbocycles. The molecule has 1 N–H and O–H groups in total. The first kappa shape index (κ1) is 24.3. The zero-order chi connectivity index (χ0) is 25.1. The molecular weight excluding hydrogens is 492 g/mol. The van der Waals surface area contributed by atoms with Crippen LogP contribution < -0.4 is 10.2 Å². The molecule has 1 atom stereocenters. The third-order valence-electron chi connectivity index (χ3n) is 5.93. The number of alkyl halides is 3. The number of halogens is 5. The number of hydrogen-bond donors (Lipinski definition) is 1. The summed E-state index contributed by atoms with van der Waals surface area (Å²) >= 11 is 12.1. The van der Waals surface area contributed by atoms with Crippen molar-refractivity contribution in [1.82, 2.24) is 5.32 Å². The van der Waals surface area contributed by atoms with E-state index in [2.05, 4.69) is 0 Å². The van der Waals surface area contributed by atoms with Gasteiger partial charge in [-0.25, -0.2) is 0 Å². The van der Waals surface area contributed by atoms with E-state index in [1.54, 1.807) is 13.8 Å². The summed E-state index contributed by atoms with van der Waals surface area (Å²) < 4.78 is 44.5. The van der Waals surface area contributed by atoms with Crippen molar-refractivity contribution in [3.05, 3.63) is 75.4 Å². The Kier molecular flexibility index (Phi) is 5.81. The van der Waals surface area contributed by atoms with E-state index in [1.165, 1.54) is 48.5 Å². The summed E-state index contributed by atoms with van der Waals surface area (Å²) in [6, 6.07) is 11.2. The number of carbonyl (C=O) groups is 3. The maximum atomic E-state index is 14.8. The molecule has 2 aromatic rings. The molecule has 34 heavy (non-hydrogen) atoms. The van der Waals surface area contributed by atoms with E-state index < -0.39 is 40.3 Å². The number of benzene rings is 2. The molecule has 5 nitrogen and oxygen atoms in total. The average molecular weight is 511 g/mol. The van der Waals surface area contributed by atoms with Crippen molar-refractivity contribution in [3.63, 3.8) is 0 Å².